The van der Waals surface area contributed by atoms with Gasteiger partial charge in [0, 0.05) is 13.2 Å². The highest BCUT2D eigenvalue weighted by Gasteiger charge is 2.06. The van der Waals surface area contributed by atoms with Crippen molar-refractivity contribution in [2.24, 2.45) is 0 Å². The molecule has 0 heterocycles. The number of ether oxygens (including phenoxy) is 3. The second-order valence-corrected chi connectivity index (χ2v) is 4.38. The number of rotatable bonds is 10. The van der Waals surface area contributed by atoms with E-state index in [1.807, 2.05) is 39.0 Å². The van der Waals surface area contributed by atoms with Crippen LogP contribution in [0.15, 0.2) is 18.2 Å². The molecule has 5 nitrogen and oxygen atoms in total. The molecule has 118 valence electrons. The van der Waals surface area contributed by atoms with Crippen LogP contribution in [0.3, 0.4) is 0 Å². The third-order valence-corrected chi connectivity index (χ3v) is 2.78. The summed E-state index contributed by atoms with van der Waals surface area (Å²) >= 11 is 0. The summed E-state index contributed by atoms with van der Waals surface area (Å²) in [4.78, 5) is 11.4. The van der Waals surface area contributed by atoms with Crippen LogP contribution in [0.25, 0.3) is 0 Å². The van der Waals surface area contributed by atoms with Crippen molar-refractivity contribution in [2.45, 2.75) is 27.2 Å². The van der Waals surface area contributed by atoms with Gasteiger partial charge in [0.2, 0.25) is 5.91 Å². The molecule has 0 radical (unpaired) electrons. The Bertz CT molecular complexity index is 434. The number of hydrogen-bond acceptors (Lipinski definition) is 4. The van der Waals surface area contributed by atoms with Gasteiger partial charge in [-0.3, -0.25) is 4.79 Å². The van der Waals surface area contributed by atoms with Gasteiger partial charge >= 0.3 is 0 Å². The fraction of sp³-hybridized carbons (Fsp3) is 0.562. The quantitative estimate of drug-likeness (QED) is 0.719. The fourth-order valence-corrected chi connectivity index (χ4v) is 1.84. The molecule has 0 saturated heterocycles. The van der Waals surface area contributed by atoms with E-state index in [2.05, 4.69) is 5.32 Å². The van der Waals surface area contributed by atoms with E-state index in [1.54, 1.807) is 0 Å². The van der Waals surface area contributed by atoms with Gasteiger partial charge < -0.3 is 19.5 Å². The summed E-state index contributed by atoms with van der Waals surface area (Å²) in [6.07, 6.45) is 0.740. The van der Waals surface area contributed by atoms with Gasteiger partial charge in [0.15, 0.2) is 11.5 Å². The first kappa shape index (κ1) is 17.3. The molecule has 0 fully saturated rings. The molecule has 0 unspecified atom stereocenters. The van der Waals surface area contributed by atoms with Gasteiger partial charge in [-0.2, -0.15) is 0 Å². The van der Waals surface area contributed by atoms with E-state index < -0.39 is 0 Å². The standard InChI is InChI=1S/C16H25NO4/c1-4-19-12-16(18)17-10-9-13-7-8-14(20-5-2)15(11-13)21-6-3/h7-8,11H,4-6,9-10,12H2,1-3H3,(H,17,18). The van der Waals surface area contributed by atoms with Crippen LogP contribution in [-0.2, 0) is 16.0 Å². The smallest absolute Gasteiger partial charge is 0.246 e. The van der Waals surface area contributed by atoms with Crippen LogP contribution in [0, 0.1) is 0 Å². The maximum Gasteiger partial charge on any atom is 0.246 e. The molecule has 1 amide bonds. The van der Waals surface area contributed by atoms with Crippen LogP contribution in [-0.4, -0.2) is 38.9 Å². The number of carbonyl (C=O) groups is 1. The van der Waals surface area contributed by atoms with Crippen molar-refractivity contribution in [3.8, 4) is 11.5 Å². The summed E-state index contributed by atoms with van der Waals surface area (Å²) in [7, 11) is 0. The highest BCUT2D eigenvalue weighted by molar-refractivity contribution is 5.77. The highest BCUT2D eigenvalue weighted by atomic mass is 16.5. The van der Waals surface area contributed by atoms with Crippen LogP contribution in [0.1, 0.15) is 26.3 Å². The van der Waals surface area contributed by atoms with Crippen molar-refractivity contribution < 1.29 is 19.0 Å². The minimum Gasteiger partial charge on any atom is -0.490 e. The summed E-state index contributed by atoms with van der Waals surface area (Å²) in [6.45, 7) is 8.18. The second-order valence-electron chi connectivity index (χ2n) is 4.38. The van der Waals surface area contributed by atoms with Gasteiger partial charge in [-0.1, -0.05) is 6.07 Å². The first-order valence-electron chi connectivity index (χ1n) is 7.44. The Morgan fingerprint density at radius 2 is 1.76 bits per heavy atom. The average Bonchev–Trinajstić information content (AvgIpc) is 2.48. The van der Waals surface area contributed by atoms with Crippen LogP contribution in [0.4, 0.5) is 0 Å². The van der Waals surface area contributed by atoms with E-state index in [1.165, 1.54) is 0 Å². The van der Waals surface area contributed by atoms with Gasteiger partial charge in [-0.15, -0.1) is 0 Å². The van der Waals surface area contributed by atoms with Gasteiger partial charge in [0.05, 0.1) is 13.2 Å². The van der Waals surface area contributed by atoms with Gasteiger partial charge in [0.25, 0.3) is 0 Å². The molecule has 0 bridgehead atoms. The SMILES string of the molecule is CCOCC(=O)NCCc1ccc(OCC)c(OCC)c1. The van der Waals surface area contributed by atoms with Gasteiger partial charge in [-0.05, 0) is 44.9 Å². The Balaban J connectivity index is 2.51. The molecule has 5 heteroatoms. The largest absolute Gasteiger partial charge is 0.490 e. The number of nitrogens with one attached hydrogen (secondary N) is 1. The van der Waals surface area contributed by atoms with Crippen molar-refractivity contribution in [1.82, 2.24) is 5.32 Å². The zero-order chi connectivity index (χ0) is 15.5. The third kappa shape index (κ3) is 6.49. The first-order valence-corrected chi connectivity index (χ1v) is 7.44. The summed E-state index contributed by atoms with van der Waals surface area (Å²) in [5.74, 6) is 1.41. The lowest BCUT2D eigenvalue weighted by molar-refractivity contribution is -0.125. The molecule has 0 atom stereocenters. The van der Waals surface area contributed by atoms with E-state index in [0.717, 1.165) is 23.5 Å². The van der Waals surface area contributed by atoms with Crippen LogP contribution < -0.4 is 14.8 Å². The predicted octanol–water partition coefficient (Wildman–Crippen LogP) is 2.18. The van der Waals surface area contributed by atoms with Crippen molar-refractivity contribution in [3.63, 3.8) is 0 Å². The zero-order valence-electron chi connectivity index (χ0n) is 13.1. The number of amides is 1. The Morgan fingerprint density at radius 3 is 2.43 bits per heavy atom. The van der Waals surface area contributed by atoms with E-state index in [9.17, 15) is 4.79 Å². The summed E-state index contributed by atoms with van der Waals surface area (Å²) < 4.78 is 16.1. The Morgan fingerprint density at radius 1 is 1.05 bits per heavy atom. The minimum atomic E-state index is -0.0900. The normalized spacial score (nSPS) is 10.2. The number of hydrogen-bond donors (Lipinski definition) is 1. The van der Waals surface area contributed by atoms with Gasteiger partial charge in [0.1, 0.15) is 6.61 Å². The van der Waals surface area contributed by atoms with Crippen molar-refractivity contribution in [3.05, 3.63) is 23.8 Å². The summed E-state index contributed by atoms with van der Waals surface area (Å²) in [6, 6.07) is 5.86. The van der Waals surface area contributed by atoms with Gasteiger partial charge in [-0.25, -0.2) is 0 Å². The maximum absolute atomic E-state index is 11.4. The van der Waals surface area contributed by atoms with E-state index in [4.69, 9.17) is 14.2 Å². The van der Waals surface area contributed by atoms with Crippen LogP contribution in [0.5, 0.6) is 11.5 Å². The fourth-order valence-electron chi connectivity index (χ4n) is 1.84. The summed E-state index contributed by atoms with van der Waals surface area (Å²) in [5, 5.41) is 2.82. The van der Waals surface area contributed by atoms with Crippen molar-refractivity contribution >= 4 is 5.91 Å². The summed E-state index contributed by atoms with van der Waals surface area (Å²) in [5.41, 5.74) is 1.10. The molecule has 0 saturated carbocycles. The molecule has 0 spiro atoms. The van der Waals surface area contributed by atoms with Crippen molar-refractivity contribution in [1.29, 1.82) is 0 Å². The average molecular weight is 295 g/mol. The van der Waals surface area contributed by atoms with Crippen LogP contribution >= 0.6 is 0 Å². The monoisotopic (exact) mass is 295 g/mol. The number of benzene rings is 1. The molecule has 1 N–H and O–H groups in total. The zero-order valence-corrected chi connectivity index (χ0v) is 13.1. The molecule has 0 aliphatic carbocycles. The highest BCUT2D eigenvalue weighted by Crippen LogP contribution is 2.28. The molecule has 0 aliphatic rings. The molecule has 1 rings (SSSR count). The molecule has 1 aromatic rings. The molecular weight excluding hydrogens is 270 g/mol. The Hall–Kier alpha value is -1.75. The van der Waals surface area contributed by atoms with E-state index >= 15 is 0 Å². The molecule has 21 heavy (non-hydrogen) atoms. The second kappa shape index (κ2) is 10.0. The molecule has 0 aromatic heterocycles. The molecule has 0 aliphatic heterocycles. The van der Waals surface area contributed by atoms with Crippen molar-refractivity contribution in [2.75, 3.05) is 33.0 Å². The number of carbonyl (C=O) groups excluding carboxylic acids is 1. The topological polar surface area (TPSA) is 56.8 Å². The molecular formula is C16H25NO4. The first-order chi connectivity index (χ1) is 10.2. The maximum atomic E-state index is 11.4. The van der Waals surface area contributed by atoms with E-state index in [0.29, 0.717) is 26.4 Å². The predicted molar refractivity (Wildman–Crippen MR) is 82.0 cm³/mol. The minimum absolute atomic E-state index is 0.0900. The third-order valence-electron chi connectivity index (χ3n) is 2.78. The lowest BCUT2D eigenvalue weighted by Crippen LogP contribution is -2.29. The Kier molecular flexibility index (Phi) is 8.28. The van der Waals surface area contributed by atoms with Crippen LogP contribution in [0.2, 0.25) is 0 Å². The molecule has 1 aromatic carbocycles. The Labute approximate surface area is 126 Å². The lowest BCUT2D eigenvalue weighted by atomic mass is 10.1. The lowest BCUT2D eigenvalue weighted by Gasteiger charge is -2.12. The van der Waals surface area contributed by atoms with E-state index in [-0.39, 0.29) is 12.5 Å².